The molecule has 0 fully saturated rings. The maximum Gasteiger partial charge on any atom is 0.0635 e. The average molecular weight is 323 g/mol. The predicted molar refractivity (Wildman–Crippen MR) is 88.1 cm³/mol. The quantitative estimate of drug-likeness (QED) is 0.559. The van der Waals surface area contributed by atoms with E-state index in [1.54, 1.807) is 12.4 Å². The molecule has 0 heterocycles. The zero-order valence-corrected chi connectivity index (χ0v) is 13.8. The molecule has 0 amide bonds. The Bertz CT molecular complexity index is 573. The van der Waals surface area contributed by atoms with Crippen LogP contribution in [0.4, 0.5) is 11.4 Å². The second kappa shape index (κ2) is 7.90. The first kappa shape index (κ1) is 17.3. The van der Waals surface area contributed by atoms with E-state index in [2.05, 4.69) is 74.1 Å². The summed E-state index contributed by atoms with van der Waals surface area (Å²) >= 11 is 0. The van der Waals surface area contributed by atoms with Crippen molar-refractivity contribution in [1.82, 2.24) is 0 Å². The molecule has 2 rings (SSSR count). The van der Waals surface area contributed by atoms with Gasteiger partial charge < -0.3 is 0 Å². The first-order chi connectivity index (χ1) is 9.52. The summed E-state index contributed by atoms with van der Waals surface area (Å²) in [5.74, 6) is 0. The molecule has 0 saturated carbocycles. The second-order valence-electron chi connectivity index (χ2n) is 5.25. The van der Waals surface area contributed by atoms with E-state index in [1.165, 1.54) is 22.3 Å². The van der Waals surface area contributed by atoms with Crippen molar-refractivity contribution in [1.29, 1.82) is 0 Å². The molecule has 0 spiro atoms. The molecule has 0 atom stereocenters. The fraction of sp³-hybridized carbons (Fsp3) is 0.222. The van der Waals surface area contributed by atoms with E-state index >= 15 is 0 Å². The van der Waals surface area contributed by atoms with Crippen LogP contribution in [0.25, 0.3) is 0 Å². The van der Waals surface area contributed by atoms with Crippen molar-refractivity contribution in [3.05, 3.63) is 58.7 Å². The Morgan fingerprint density at radius 3 is 1.14 bits per heavy atom. The van der Waals surface area contributed by atoms with E-state index < -0.39 is 0 Å². The summed E-state index contributed by atoms with van der Waals surface area (Å²) in [6, 6.07) is 12.5. The van der Waals surface area contributed by atoms with Gasteiger partial charge in [0.1, 0.15) is 0 Å². The summed E-state index contributed by atoms with van der Waals surface area (Å²) in [7, 11) is 0. The van der Waals surface area contributed by atoms with Crippen molar-refractivity contribution in [2.45, 2.75) is 27.7 Å². The molecule has 3 heteroatoms. The van der Waals surface area contributed by atoms with E-state index in [0.29, 0.717) is 0 Å². The molecule has 0 unspecified atom stereocenters. The Hall–Kier alpha value is -1.73. The van der Waals surface area contributed by atoms with E-state index in [-0.39, 0.29) is 16.5 Å². The molecule has 0 saturated heterocycles. The summed E-state index contributed by atoms with van der Waals surface area (Å²) < 4.78 is 0. The number of rotatable bonds is 3. The molecule has 0 aliphatic rings. The Morgan fingerprint density at radius 1 is 0.571 bits per heavy atom. The number of hydrogen-bond donors (Lipinski definition) is 0. The van der Waals surface area contributed by atoms with Gasteiger partial charge in [0.05, 0.1) is 11.4 Å². The van der Waals surface area contributed by atoms with Crippen LogP contribution in [-0.2, 0) is 16.5 Å². The molecule has 0 N–H and O–H groups in total. The molecule has 0 radical (unpaired) electrons. The molecule has 2 nitrogen and oxygen atoms in total. The smallest absolute Gasteiger partial charge is 0.0635 e. The van der Waals surface area contributed by atoms with Crippen LogP contribution in [0.1, 0.15) is 22.3 Å². The minimum atomic E-state index is 0. The maximum atomic E-state index is 4.41. The monoisotopic (exact) mass is 322 g/mol. The van der Waals surface area contributed by atoms with E-state index in [4.69, 9.17) is 0 Å². The van der Waals surface area contributed by atoms with Gasteiger partial charge >= 0.3 is 0 Å². The van der Waals surface area contributed by atoms with E-state index in [9.17, 15) is 0 Å². The first-order valence-corrected chi connectivity index (χ1v) is 6.76. The van der Waals surface area contributed by atoms with Gasteiger partial charge in [-0.1, -0.05) is 12.1 Å². The second-order valence-corrected chi connectivity index (χ2v) is 5.25. The van der Waals surface area contributed by atoms with Gasteiger partial charge in [-0.15, -0.1) is 0 Å². The third-order valence-electron chi connectivity index (χ3n) is 2.93. The van der Waals surface area contributed by atoms with Gasteiger partial charge in [-0.2, -0.15) is 0 Å². The number of benzene rings is 2. The minimum absolute atomic E-state index is 0. The van der Waals surface area contributed by atoms with Gasteiger partial charge in [0, 0.05) is 28.9 Å². The van der Waals surface area contributed by atoms with Crippen LogP contribution in [0, 0.1) is 27.7 Å². The molecule has 2 aromatic rings. The van der Waals surface area contributed by atoms with Crippen molar-refractivity contribution in [3.63, 3.8) is 0 Å². The summed E-state index contributed by atoms with van der Waals surface area (Å²) in [5.41, 5.74) is 6.84. The fourth-order valence-electron chi connectivity index (χ4n) is 2.29. The van der Waals surface area contributed by atoms with Crippen molar-refractivity contribution in [2.75, 3.05) is 0 Å². The van der Waals surface area contributed by atoms with E-state index in [0.717, 1.165) is 11.4 Å². The van der Waals surface area contributed by atoms with Gasteiger partial charge in [0.2, 0.25) is 0 Å². The summed E-state index contributed by atoms with van der Waals surface area (Å²) in [4.78, 5) is 8.83. The Labute approximate surface area is 137 Å². The molecule has 2 aromatic carbocycles. The Morgan fingerprint density at radius 2 is 0.857 bits per heavy atom. The summed E-state index contributed by atoms with van der Waals surface area (Å²) in [5, 5.41) is 0. The topological polar surface area (TPSA) is 24.7 Å². The zero-order chi connectivity index (χ0) is 14.5. The molecule has 0 aliphatic carbocycles. The number of aliphatic imine (C=N–C) groups is 2. The molecule has 0 bridgehead atoms. The Balaban J connectivity index is 0.00000220. The fourth-order valence-corrected chi connectivity index (χ4v) is 2.29. The number of nitrogens with zero attached hydrogens (tertiary/aromatic N) is 2. The maximum absolute atomic E-state index is 4.41. The van der Waals surface area contributed by atoms with Crippen LogP contribution in [0.15, 0.2) is 46.4 Å². The van der Waals surface area contributed by atoms with Gasteiger partial charge in [-0.25, -0.2) is 0 Å². The Kier molecular flexibility index (Phi) is 6.52. The summed E-state index contributed by atoms with van der Waals surface area (Å²) in [6.45, 7) is 8.32. The van der Waals surface area contributed by atoms with Crippen LogP contribution < -0.4 is 0 Å². The first-order valence-electron chi connectivity index (χ1n) is 6.76. The number of hydrogen-bond acceptors (Lipinski definition) is 2. The molecule has 0 aromatic heterocycles. The van der Waals surface area contributed by atoms with Gasteiger partial charge in [0.15, 0.2) is 0 Å². The van der Waals surface area contributed by atoms with Crippen molar-refractivity contribution in [2.24, 2.45) is 9.98 Å². The van der Waals surface area contributed by atoms with Crippen molar-refractivity contribution < 1.29 is 16.5 Å². The van der Waals surface area contributed by atoms with Gasteiger partial charge in [-0.3, -0.25) is 9.98 Å². The van der Waals surface area contributed by atoms with Crippen molar-refractivity contribution >= 4 is 23.8 Å². The van der Waals surface area contributed by atoms with Crippen molar-refractivity contribution in [3.8, 4) is 0 Å². The molecular formula is C18H20N2Ni. The minimum Gasteiger partial charge on any atom is -0.255 e. The predicted octanol–water partition coefficient (Wildman–Crippen LogP) is 5.02. The summed E-state index contributed by atoms with van der Waals surface area (Å²) in [6.07, 6.45) is 3.48. The largest absolute Gasteiger partial charge is 0.255 e. The van der Waals surface area contributed by atoms with Crippen LogP contribution in [0.3, 0.4) is 0 Å². The third-order valence-corrected chi connectivity index (χ3v) is 2.93. The van der Waals surface area contributed by atoms with Crippen LogP contribution in [-0.4, -0.2) is 12.4 Å². The van der Waals surface area contributed by atoms with Crippen LogP contribution in [0.2, 0.25) is 0 Å². The number of aryl methyl sites for hydroxylation is 4. The third kappa shape index (κ3) is 5.65. The SMILES string of the molecule is Cc1cc(C)cc(N=CC=Nc2cc(C)cc(C)c2)c1.[Ni]. The molecule has 0 aliphatic heterocycles. The average Bonchev–Trinajstić information content (AvgIpc) is 2.32. The zero-order valence-electron chi connectivity index (χ0n) is 12.8. The van der Waals surface area contributed by atoms with Gasteiger partial charge in [0.25, 0.3) is 0 Å². The van der Waals surface area contributed by atoms with Crippen LogP contribution in [0.5, 0.6) is 0 Å². The molecule has 21 heavy (non-hydrogen) atoms. The van der Waals surface area contributed by atoms with Gasteiger partial charge in [-0.05, 0) is 74.2 Å². The van der Waals surface area contributed by atoms with Crippen LogP contribution >= 0.6 is 0 Å². The standard InChI is InChI=1S/C18H20N2.Ni/c1-13-7-14(2)10-17(9-13)19-5-6-20-18-11-15(3)8-16(4)12-18;/h5-12H,1-4H3;. The molecule has 112 valence electrons. The van der Waals surface area contributed by atoms with E-state index in [1.807, 2.05) is 0 Å². The molecular weight excluding hydrogens is 303 g/mol. The normalized spacial score (nSPS) is 11.0.